The van der Waals surface area contributed by atoms with Gasteiger partial charge in [-0.15, -0.1) is 0 Å². The molecule has 1 spiro atoms. The molecule has 2 aliphatic heterocycles. The third-order valence-corrected chi connectivity index (χ3v) is 7.79. The van der Waals surface area contributed by atoms with Crippen LogP contribution in [0, 0.1) is 11.3 Å². The number of likely N-dealkylation sites (tertiary alicyclic amines) is 1. The number of sulfone groups is 1. The van der Waals surface area contributed by atoms with Crippen LogP contribution in [0.15, 0.2) is 6.07 Å². The van der Waals surface area contributed by atoms with Crippen LogP contribution in [0.25, 0.3) is 0 Å². The van der Waals surface area contributed by atoms with Crippen molar-refractivity contribution in [3.05, 3.63) is 17.5 Å². The van der Waals surface area contributed by atoms with Crippen LogP contribution < -0.4 is 0 Å². The SMILES string of the molecule is CC(C)n1nc(C(F)(F)F)cc1C[C@@H](C)CN1CCC2(CC1)CS(=O)(=O)C2. The normalized spacial score (nSPS) is 23.5. The largest absolute Gasteiger partial charge is 0.435 e. The summed E-state index contributed by atoms with van der Waals surface area (Å²) in [7, 11) is -2.81. The minimum atomic E-state index is -4.43. The molecule has 2 aliphatic rings. The van der Waals surface area contributed by atoms with Crippen molar-refractivity contribution in [3.8, 4) is 0 Å². The Bertz CT molecular complexity index is 764. The minimum absolute atomic E-state index is 0.0174. The first-order chi connectivity index (χ1) is 12.4. The molecular weight excluding hydrogens is 379 g/mol. The lowest BCUT2D eigenvalue weighted by Crippen LogP contribution is -2.55. The number of nitrogens with zero attached hydrogens (tertiary/aromatic N) is 3. The van der Waals surface area contributed by atoms with E-state index in [0.717, 1.165) is 32.5 Å². The number of rotatable bonds is 5. The fourth-order valence-electron chi connectivity index (χ4n) is 4.42. The maximum absolute atomic E-state index is 13.0. The van der Waals surface area contributed by atoms with Crippen LogP contribution in [0.4, 0.5) is 13.2 Å². The summed E-state index contributed by atoms with van der Waals surface area (Å²) in [5.74, 6) is 0.827. The van der Waals surface area contributed by atoms with E-state index in [0.29, 0.717) is 23.6 Å². The van der Waals surface area contributed by atoms with Crippen LogP contribution in [0.2, 0.25) is 0 Å². The zero-order chi connectivity index (χ0) is 20.0. The van der Waals surface area contributed by atoms with Gasteiger partial charge in [0.1, 0.15) is 0 Å². The summed E-state index contributed by atoms with van der Waals surface area (Å²) < 4.78 is 63.4. The van der Waals surface area contributed by atoms with Crippen LogP contribution >= 0.6 is 0 Å². The number of alkyl halides is 3. The fraction of sp³-hybridized carbons (Fsp3) is 0.833. The van der Waals surface area contributed by atoms with E-state index >= 15 is 0 Å². The molecule has 1 aromatic rings. The number of hydrogen-bond donors (Lipinski definition) is 0. The predicted octanol–water partition coefficient (Wildman–Crippen LogP) is 3.17. The van der Waals surface area contributed by atoms with E-state index in [9.17, 15) is 21.6 Å². The Hall–Kier alpha value is -1.09. The summed E-state index contributed by atoms with van der Waals surface area (Å²) in [6, 6.07) is 1.04. The summed E-state index contributed by atoms with van der Waals surface area (Å²) in [4.78, 5) is 2.31. The highest BCUT2D eigenvalue weighted by molar-refractivity contribution is 7.92. The van der Waals surface area contributed by atoms with Gasteiger partial charge in [-0.2, -0.15) is 18.3 Å². The Morgan fingerprint density at radius 3 is 2.26 bits per heavy atom. The average molecular weight is 408 g/mol. The lowest BCUT2D eigenvalue weighted by molar-refractivity contribution is -0.141. The maximum atomic E-state index is 13.0. The molecule has 154 valence electrons. The van der Waals surface area contributed by atoms with Gasteiger partial charge in [0.05, 0.1) is 11.5 Å². The van der Waals surface area contributed by atoms with Crippen molar-refractivity contribution in [2.24, 2.45) is 11.3 Å². The molecule has 9 heteroatoms. The Kier molecular flexibility index (Phi) is 5.40. The third kappa shape index (κ3) is 4.67. The Morgan fingerprint density at radius 1 is 1.19 bits per heavy atom. The van der Waals surface area contributed by atoms with Crippen LogP contribution in [0.3, 0.4) is 0 Å². The van der Waals surface area contributed by atoms with E-state index in [1.807, 2.05) is 20.8 Å². The quantitative estimate of drug-likeness (QED) is 0.752. The second kappa shape index (κ2) is 7.06. The van der Waals surface area contributed by atoms with Crippen LogP contribution in [0.5, 0.6) is 0 Å². The first-order valence-corrected chi connectivity index (χ1v) is 11.3. The molecule has 0 bridgehead atoms. The Labute approximate surface area is 158 Å². The van der Waals surface area contributed by atoms with Gasteiger partial charge in [-0.25, -0.2) is 8.42 Å². The molecule has 0 aromatic carbocycles. The smallest absolute Gasteiger partial charge is 0.303 e. The average Bonchev–Trinajstić information content (AvgIpc) is 2.92. The summed E-state index contributed by atoms with van der Waals surface area (Å²) in [6.07, 6.45) is -2.11. The molecule has 0 radical (unpaired) electrons. The molecule has 3 heterocycles. The van der Waals surface area contributed by atoms with E-state index in [4.69, 9.17) is 0 Å². The van der Waals surface area contributed by atoms with E-state index in [2.05, 4.69) is 10.00 Å². The van der Waals surface area contributed by atoms with E-state index in [1.165, 1.54) is 10.7 Å². The highest BCUT2D eigenvalue weighted by Crippen LogP contribution is 2.42. The molecule has 27 heavy (non-hydrogen) atoms. The van der Waals surface area contributed by atoms with Gasteiger partial charge in [0.2, 0.25) is 0 Å². The highest BCUT2D eigenvalue weighted by Gasteiger charge is 2.49. The molecule has 0 unspecified atom stereocenters. The molecule has 3 rings (SSSR count). The van der Waals surface area contributed by atoms with E-state index in [-0.39, 0.29) is 17.4 Å². The zero-order valence-electron chi connectivity index (χ0n) is 16.1. The predicted molar refractivity (Wildman–Crippen MR) is 97.2 cm³/mol. The van der Waals surface area contributed by atoms with E-state index in [1.54, 1.807) is 0 Å². The van der Waals surface area contributed by atoms with Crippen molar-refractivity contribution in [1.82, 2.24) is 14.7 Å². The van der Waals surface area contributed by atoms with Crippen LogP contribution in [0.1, 0.15) is 51.0 Å². The first kappa shape index (κ1) is 20.6. The molecule has 0 saturated carbocycles. The molecule has 5 nitrogen and oxygen atoms in total. The molecule has 1 aromatic heterocycles. The minimum Gasteiger partial charge on any atom is -0.303 e. The van der Waals surface area contributed by atoms with Gasteiger partial charge in [-0.3, -0.25) is 4.68 Å². The monoisotopic (exact) mass is 407 g/mol. The Morgan fingerprint density at radius 2 is 1.78 bits per heavy atom. The maximum Gasteiger partial charge on any atom is 0.435 e. The van der Waals surface area contributed by atoms with Crippen molar-refractivity contribution >= 4 is 9.84 Å². The second-order valence-electron chi connectivity index (χ2n) is 8.70. The number of piperidine rings is 1. The van der Waals surface area contributed by atoms with Crippen molar-refractivity contribution in [2.75, 3.05) is 31.1 Å². The van der Waals surface area contributed by atoms with Gasteiger partial charge < -0.3 is 4.90 Å². The van der Waals surface area contributed by atoms with Gasteiger partial charge in [0, 0.05) is 23.7 Å². The molecule has 2 saturated heterocycles. The van der Waals surface area contributed by atoms with Crippen LogP contribution in [-0.2, 0) is 22.4 Å². The lowest BCUT2D eigenvalue weighted by atomic mass is 9.81. The number of aromatic nitrogens is 2. The summed E-state index contributed by atoms with van der Waals surface area (Å²) in [5.41, 5.74) is -0.232. The van der Waals surface area contributed by atoms with Crippen molar-refractivity contribution in [3.63, 3.8) is 0 Å². The summed E-state index contributed by atoms with van der Waals surface area (Å²) >= 11 is 0. The van der Waals surface area contributed by atoms with Crippen LogP contribution in [-0.4, -0.2) is 54.2 Å². The van der Waals surface area contributed by atoms with Crippen molar-refractivity contribution in [1.29, 1.82) is 0 Å². The molecular formula is C18H28F3N3O2S. The lowest BCUT2D eigenvalue weighted by Gasteiger charge is -2.47. The fourth-order valence-corrected chi connectivity index (χ4v) is 6.78. The van der Waals surface area contributed by atoms with Gasteiger partial charge in [-0.05, 0) is 58.2 Å². The molecule has 1 atom stereocenters. The van der Waals surface area contributed by atoms with Gasteiger partial charge in [0.25, 0.3) is 0 Å². The number of halogens is 3. The zero-order valence-corrected chi connectivity index (χ0v) is 16.9. The van der Waals surface area contributed by atoms with Gasteiger partial charge in [-0.1, -0.05) is 6.92 Å². The topological polar surface area (TPSA) is 55.2 Å². The molecule has 0 amide bonds. The molecule has 0 N–H and O–H groups in total. The highest BCUT2D eigenvalue weighted by atomic mass is 32.2. The first-order valence-electron chi connectivity index (χ1n) is 9.48. The standard InChI is InChI=1S/C18H28F3N3O2S/c1-13(2)24-15(9-16(22-24)18(19,20)21)8-14(3)10-23-6-4-17(5-7-23)11-27(25,26)12-17/h9,13-14H,4-8,10-12H2,1-3H3/t14-/m1/s1. The summed E-state index contributed by atoms with van der Waals surface area (Å²) in [6.45, 7) is 8.22. The van der Waals surface area contributed by atoms with Crippen molar-refractivity contribution in [2.45, 2.75) is 52.3 Å². The van der Waals surface area contributed by atoms with Gasteiger partial charge in [0.15, 0.2) is 15.5 Å². The Balaban J connectivity index is 1.57. The third-order valence-electron chi connectivity index (χ3n) is 5.69. The van der Waals surface area contributed by atoms with E-state index < -0.39 is 21.7 Å². The molecule has 0 aliphatic carbocycles. The molecule has 2 fully saturated rings. The van der Waals surface area contributed by atoms with Gasteiger partial charge >= 0.3 is 6.18 Å². The van der Waals surface area contributed by atoms with Crippen molar-refractivity contribution < 1.29 is 21.6 Å². The summed E-state index contributed by atoms with van der Waals surface area (Å²) in [5, 5.41) is 3.75. The second-order valence-corrected chi connectivity index (χ2v) is 10.8. The number of hydrogen-bond acceptors (Lipinski definition) is 4.